The van der Waals surface area contributed by atoms with Crippen LogP contribution in [0, 0.1) is 0 Å². The van der Waals surface area contributed by atoms with E-state index in [1.807, 2.05) is 14.0 Å². The molecule has 0 amide bonds. The van der Waals surface area contributed by atoms with E-state index in [0.717, 1.165) is 6.08 Å². The minimum absolute atomic E-state index is 0.186. The van der Waals surface area contributed by atoms with E-state index in [1.54, 1.807) is 12.0 Å². The van der Waals surface area contributed by atoms with E-state index in [2.05, 4.69) is 0 Å². The Labute approximate surface area is 72.4 Å². The number of hydrogen-bond donors (Lipinski definition) is 1. The number of ether oxygens (including phenoxy) is 1. The smallest absolute Gasteiger partial charge is 0.329 e. The topological polar surface area (TPSA) is 49.8 Å². The molecule has 1 N–H and O–H groups in total. The normalized spacial score (nSPS) is 13.2. The van der Waals surface area contributed by atoms with Gasteiger partial charge in [-0.1, -0.05) is 0 Å². The van der Waals surface area contributed by atoms with Gasteiger partial charge in [-0.2, -0.15) is 0 Å². The highest BCUT2D eigenvalue weighted by Crippen LogP contribution is 1.95. The summed E-state index contributed by atoms with van der Waals surface area (Å²) in [6.07, 6.45) is 2.62. The molecule has 0 aromatic carbocycles. The number of methoxy groups -OCH3 is 1. The average molecular weight is 173 g/mol. The van der Waals surface area contributed by atoms with Gasteiger partial charge in [0, 0.05) is 32.5 Å². The maximum Gasteiger partial charge on any atom is 0.329 e. The van der Waals surface area contributed by atoms with Crippen molar-refractivity contribution in [3.63, 3.8) is 0 Å². The van der Waals surface area contributed by atoms with Gasteiger partial charge >= 0.3 is 5.97 Å². The van der Waals surface area contributed by atoms with Crippen molar-refractivity contribution in [2.45, 2.75) is 13.0 Å². The summed E-state index contributed by atoms with van der Waals surface area (Å²) in [5.74, 6) is -0.938. The molecule has 0 spiro atoms. The van der Waals surface area contributed by atoms with Gasteiger partial charge in [0.1, 0.15) is 0 Å². The van der Waals surface area contributed by atoms with Gasteiger partial charge in [-0.25, -0.2) is 4.79 Å². The van der Waals surface area contributed by atoms with Gasteiger partial charge < -0.3 is 14.7 Å². The summed E-state index contributed by atoms with van der Waals surface area (Å²) >= 11 is 0. The first-order chi connectivity index (χ1) is 5.57. The summed E-state index contributed by atoms with van der Waals surface area (Å²) in [5.41, 5.74) is 0. The molecule has 0 rings (SSSR count). The molecule has 1 unspecified atom stereocenters. The van der Waals surface area contributed by atoms with E-state index in [1.165, 1.54) is 6.20 Å². The molecule has 4 nitrogen and oxygen atoms in total. The van der Waals surface area contributed by atoms with E-state index in [9.17, 15) is 4.79 Å². The van der Waals surface area contributed by atoms with Crippen LogP contribution in [-0.4, -0.2) is 42.8 Å². The van der Waals surface area contributed by atoms with Crippen molar-refractivity contribution >= 4 is 5.97 Å². The van der Waals surface area contributed by atoms with Crippen molar-refractivity contribution in [1.82, 2.24) is 4.90 Å². The van der Waals surface area contributed by atoms with Crippen LogP contribution in [0.1, 0.15) is 6.92 Å². The quantitative estimate of drug-likeness (QED) is 0.617. The molecular weight excluding hydrogens is 158 g/mol. The highest BCUT2D eigenvalue weighted by Gasteiger charge is 2.03. The lowest BCUT2D eigenvalue weighted by Gasteiger charge is -2.21. The van der Waals surface area contributed by atoms with E-state index in [4.69, 9.17) is 9.84 Å². The van der Waals surface area contributed by atoms with Gasteiger partial charge in [0.05, 0.1) is 6.61 Å². The van der Waals surface area contributed by atoms with Crippen LogP contribution in [0.25, 0.3) is 0 Å². The molecule has 0 heterocycles. The third-order valence-corrected chi connectivity index (χ3v) is 1.56. The molecule has 0 aliphatic heterocycles. The molecule has 0 aliphatic carbocycles. The van der Waals surface area contributed by atoms with E-state index < -0.39 is 5.97 Å². The average Bonchev–Trinajstić information content (AvgIpc) is 2.00. The minimum atomic E-state index is -0.938. The summed E-state index contributed by atoms with van der Waals surface area (Å²) in [6.45, 7) is 2.54. The number of carboxylic acids is 1. The van der Waals surface area contributed by atoms with Crippen LogP contribution in [0.15, 0.2) is 12.3 Å². The summed E-state index contributed by atoms with van der Waals surface area (Å²) in [7, 11) is 3.42. The molecule has 0 saturated carbocycles. The molecule has 0 aliphatic rings. The van der Waals surface area contributed by atoms with Crippen LogP contribution < -0.4 is 0 Å². The van der Waals surface area contributed by atoms with Crippen LogP contribution in [0.4, 0.5) is 0 Å². The summed E-state index contributed by atoms with van der Waals surface area (Å²) in [4.78, 5) is 11.9. The van der Waals surface area contributed by atoms with Crippen molar-refractivity contribution in [3.05, 3.63) is 12.3 Å². The minimum Gasteiger partial charge on any atom is -0.478 e. The predicted molar refractivity (Wildman–Crippen MR) is 45.9 cm³/mol. The molecule has 70 valence electrons. The zero-order valence-corrected chi connectivity index (χ0v) is 7.65. The highest BCUT2D eigenvalue weighted by atomic mass is 16.5. The van der Waals surface area contributed by atoms with Crippen LogP contribution >= 0.6 is 0 Å². The standard InChI is InChI=1S/C8H15NO3/c1-7(6-12-3)9(2)5-4-8(10)11/h4-5,7H,6H2,1-3H3,(H,10,11). The molecule has 0 bridgehead atoms. The maximum absolute atomic E-state index is 10.1. The second kappa shape index (κ2) is 5.60. The van der Waals surface area contributed by atoms with Crippen LogP contribution in [0.3, 0.4) is 0 Å². The Bertz CT molecular complexity index is 168. The lowest BCUT2D eigenvalue weighted by Crippen LogP contribution is -2.28. The molecule has 0 saturated heterocycles. The van der Waals surface area contributed by atoms with Crippen molar-refractivity contribution in [2.24, 2.45) is 0 Å². The fourth-order valence-corrected chi connectivity index (χ4v) is 0.687. The SMILES string of the molecule is COCC(C)N(C)C=CC(=O)O. The molecule has 0 aromatic rings. The van der Waals surface area contributed by atoms with Gasteiger partial charge in [0.2, 0.25) is 0 Å². The van der Waals surface area contributed by atoms with Crippen LogP contribution in [0.5, 0.6) is 0 Å². The van der Waals surface area contributed by atoms with E-state index >= 15 is 0 Å². The maximum atomic E-state index is 10.1. The summed E-state index contributed by atoms with van der Waals surface area (Å²) in [5, 5.41) is 8.33. The lowest BCUT2D eigenvalue weighted by molar-refractivity contribution is -0.131. The Balaban J connectivity index is 3.85. The number of rotatable bonds is 5. The third-order valence-electron chi connectivity index (χ3n) is 1.56. The highest BCUT2D eigenvalue weighted by molar-refractivity contribution is 5.79. The van der Waals surface area contributed by atoms with Gasteiger partial charge in [-0.3, -0.25) is 0 Å². The second-order valence-electron chi connectivity index (χ2n) is 2.62. The molecule has 4 heteroatoms. The monoisotopic (exact) mass is 173 g/mol. The molecule has 0 radical (unpaired) electrons. The molecule has 0 aromatic heterocycles. The second-order valence-corrected chi connectivity index (χ2v) is 2.62. The number of carboxylic acid groups (broad SMARTS) is 1. The summed E-state index contributed by atoms with van der Waals surface area (Å²) < 4.78 is 4.91. The van der Waals surface area contributed by atoms with E-state index in [-0.39, 0.29) is 6.04 Å². The molecule has 0 fully saturated rings. The first-order valence-electron chi connectivity index (χ1n) is 3.70. The summed E-state index contributed by atoms with van der Waals surface area (Å²) in [6, 6.07) is 0.186. The van der Waals surface area contributed by atoms with E-state index in [0.29, 0.717) is 6.61 Å². The van der Waals surface area contributed by atoms with Crippen molar-refractivity contribution in [3.8, 4) is 0 Å². The predicted octanol–water partition coefficient (Wildman–Crippen LogP) is 0.551. The first-order valence-corrected chi connectivity index (χ1v) is 3.70. The van der Waals surface area contributed by atoms with Gasteiger partial charge in [-0.05, 0) is 6.92 Å². The zero-order chi connectivity index (χ0) is 9.56. The third kappa shape index (κ3) is 4.73. The van der Waals surface area contributed by atoms with Crippen LogP contribution in [0.2, 0.25) is 0 Å². The zero-order valence-electron chi connectivity index (χ0n) is 7.65. The van der Waals surface area contributed by atoms with Gasteiger partial charge in [0.15, 0.2) is 0 Å². The molecule has 12 heavy (non-hydrogen) atoms. The molecule has 1 atom stereocenters. The Kier molecular flexibility index (Phi) is 5.12. The van der Waals surface area contributed by atoms with Crippen LogP contribution in [-0.2, 0) is 9.53 Å². The fourth-order valence-electron chi connectivity index (χ4n) is 0.687. The van der Waals surface area contributed by atoms with Crippen molar-refractivity contribution < 1.29 is 14.6 Å². The van der Waals surface area contributed by atoms with Gasteiger partial charge in [0.25, 0.3) is 0 Å². The number of aliphatic carboxylic acids is 1. The Morgan fingerprint density at radius 3 is 2.75 bits per heavy atom. The lowest BCUT2D eigenvalue weighted by atomic mass is 10.3. The number of hydrogen-bond acceptors (Lipinski definition) is 3. The number of carbonyl (C=O) groups is 1. The van der Waals surface area contributed by atoms with Gasteiger partial charge in [-0.15, -0.1) is 0 Å². The fraction of sp³-hybridized carbons (Fsp3) is 0.625. The number of nitrogens with zero attached hydrogens (tertiary/aromatic N) is 1. The van der Waals surface area contributed by atoms with Crippen molar-refractivity contribution in [2.75, 3.05) is 20.8 Å². The first kappa shape index (κ1) is 11.0. The Morgan fingerprint density at radius 1 is 1.75 bits per heavy atom. The van der Waals surface area contributed by atoms with Crippen molar-refractivity contribution in [1.29, 1.82) is 0 Å². The largest absolute Gasteiger partial charge is 0.478 e. The number of likely N-dealkylation sites (N-methyl/N-ethyl adjacent to an activating group) is 1. The molecular formula is C8H15NO3. The Morgan fingerprint density at radius 2 is 2.33 bits per heavy atom. The Hall–Kier alpha value is -1.03.